The molecule has 1 unspecified atom stereocenters. The van der Waals surface area contributed by atoms with E-state index in [4.69, 9.17) is 17.3 Å². The van der Waals surface area contributed by atoms with Crippen molar-refractivity contribution in [2.24, 2.45) is 5.73 Å². The van der Waals surface area contributed by atoms with Gasteiger partial charge in [-0.05, 0) is 86.7 Å². The highest BCUT2D eigenvalue weighted by Gasteiger charge is 2.41. The number of ketones is 1. The van der Waals surface area contributed by atoms with Gasteiger partial charge in [0.25, 0.3) is 0 Å². The molecule has 5 rings (SSSR count). The highest BCUT2D eigenvalue weighted by molar-refractivity contribution is 7.98. The van der Waals surface area contributed by atoms with Crippen LogP contribution in [0.3, 0.4) is 0 Å². The molecule has 0 saturated heterocycles. The molecule has 6 heteroatoms. The summed E-state index contributed by atoms with van der Waals surface area (Å²) in [5.74, 6) is 0.791. The van der Waals surface area contributed by atoms with Crippen molar-refractivity contribution >= 4 is 34.8 Å². The Morgan fingerprint density at radius 1 is 1.03 bits per heavy atom. The number of halogens is 1. The number of benzene rings is 3. The fraction of sp³-hybridized carbons (Fsp3) is 0.250. The number of nitriles is 1. The van der Waals surface area contributed by atoms with Crippen LogP contribution in [0.4, 0.5) is 5.69 Å². The van der Waals surface area contributed by atoms with Gasteiger partial charge in [-0.25, -0.2) is 0 Å². The van der Waals surface area contributed by atoms with Crippen LogP contribution in [0.5, 0.6) is 0 Å². The van der Waals surface area contributed by atoms with Gasteiger partial charge in [0.15, 0.2) is 5.78 Å². The first-order valence-corrected chi connectivity index (χ1v) is 14.2. The Balaban J connectivity index is 1.62. The zero-order valence-electron chi connectivity index (χ0n) is 21.8. The van der Waals surface area contributed by atoms with Crippen LogP contribution in [0.15, 0.2) is 88.2 Å². The smallest absolute Gasteiger partial charge is 0.161 e. The second-order valence-electron chi connectivity index (χ2n) is 10.0. The Morgan fingerprint density at radius 3 is 2.42 bits per heavy atom. The normalized spacial score (nSPS) is 17.5. The highest BCUT2D eigenvalue weighted by Crippen LogP contribution is 2.47. The number of aryl methyl sites for hydroxylation is 2. The lowest BCUT2D eigenvalue weighted by atomic mass is 9.73. The lowest BCUT2D eigenvalue weighted by molar-refractivity contribution is -0.116. The van der Waals surface area contributed by atoms with E-state index in [1.165, 1.54) is 16.0 Å². The minimum atomic E-state index is -0.477. The molecule has 4 nitrogen and oxygen atoms in total. The predicted molar refractivity (Wildman–Crippen MR) is 156 cm³/mol. The molecule has 0 saturated carbocycles. The van der Waals surface area contributed by atoms with Crippen LogP contribution in [-0.4, -0.2) is 5.78 Å². The van der Waals surface area contributed by atoms with Gasteiger partial charge >= 0.3 is 0 Å². The third-order valence-electron chi connectivity index (χ3n) is 7.42. The van der Waals surface area contributed by atoms with Crippen molar-refractivity contribution in [2.75, 3.05) is 4.90 Å². The lowest BCUT2D eigenvalue weighted by Gasteiger charge is -2.40. The SMILES string of the molecule is Cc1ccc(SCc2cc(C)cc(C3C(C#N)=C(N)N(c4ccc(Cl)cc4)C4=C3C(=O)CCC4)c2C)cc1. The molecule has 2 N–H and O–H groups in total. The van der Waals surface area contributed by atoms with Gasteiger partial charge in [0.1, 0.15) is 5.82 Å². The van der Waals surface area contributed by atoms with Gasteiger partial charge in [-0.2, -0.15) is 5.26 Å². The Morgan fingerprint density at radius 2 is 1.74 bits per heavy atom. The molecule has 1 aliphatic carbocycles. The van der Waals surface area contributed by atoms with Crippen molar-refractivity contribution in [3.05, 3.63) is 116 Å². The van der Waals surface area contributed by atoms with E-state index in [1.54, 1.807) is 23.9 Å². The van der Waals surface area contributed by atoms with Crippen molar-refractivity contribution in [3.63, 3.8) is 0 Å². The Bertz CT molecular complexity index is 1510. The van der Waals surface area contributed by atoms with Gasteiger partial charge in [-0.15, -0.1) is 11.8 Å². The summed E-state index contributed by atoms with van der Waals surface area (Å²) in [7, 11) is 0. The monoisotopic (exact) mass is 539 g/mol. The van der Waals surface area contributed by atoms with E-state index in [9.17, 15) is 10.1 Å². The zero-order chi connectivity index (χ0) is 27.0. The molecular weight excluding hydrogens is 510 g/mol. The van der Waals surface area contributed by atoms with Gasteiger partial charge in [0.05, 0.1) is 17.6 Å². The van der Waals surface area contributed by atoms with E-state index in [0.717, 1.165) is 46.7 Å². The molecule has 0 radical (unpaired) electrons. The fourth-order valence-corrected chi connectivity index (χ4v) is 6.57. The summed E-state index contributed by atoms with van der Waals surface area (Å²) in [6.45, 7) is 6.26. The van der Waals surface area contributed by atoms with E-state index in [1.807, 2.05) is 17.0 Å². The van der Waals surface area contributed by atoms with Crippen molar-refractivity contribution in [3.8, 4) is 6.07 Å². The third kappa shape index (κ3) is 4.87. The number of nitrogens with zero attached hydrogens (tertiary/aromatic N) is 2. The van der Waals surface area contributed by atoms with E-state index in [0.29, 0.717) is 28.4 Å². The number of Topliss-reactive ketones (excluding diaryl/α,β-unsaturated/α-hetero) is 1. The van der Waals surface area contributed by atoms with Crippen LogP contribution >= 0.6 is 23.4 Å². The molecule has 0 fully saturated rings. The minimum absolute atomic E-state index is 0.0898. The minimum Gasteiger partial charge on any atom is -0.384 e. The number of rotatable bonds is 5. The average molecular weight is 540 g/mol. The third-order valence-corrected chi connectivity index (χ3v) is 8.74. The predicted octanol–water partition coefficient (Wildman–Crippen LogP) is 7.86. The second-order valence-corrected chi connectivity index (χ2v) is 11.5. The molecule has 1 heterocycles. The van der Waals surface area contributed by atoms with E-state index < -0.39 is 5.92 Å². The quantitative estimate of drug-likeness (QED) is 0.334. The van der Waals surface area contributed by atoms with Gasteiger partial charge in [-0.3, -0.25) is 9.69 Å². The Kier molecular flexibility index (Phi) is 7.38. The zero-order valence-corrected chi connectivity index (χ0v) is 23.4. The van der Waals surface area contributed by atoms with Gasteiger partial charge in [-0.1, -0.05) is 47.0 Å². The Hall–Kier alpha value is -3.46. The molecule has 192 valence electrons. The number of carbonyl (C=O) groups excluding carboxylic acids is 1. The molecule has 1 atom stereocenters. The van der Waals surface area contributed by atoms with E-state index in [2.05, 4.69) is 63.2 Å². The summed E-state index contributed by atoms with van der Waals surface area (Å²) < 4.78 is 0. The maximum absolute atomic E-state index is 13.5. The summed E-state index contributed by atoms with van der Waals surface area (Å²) in [5.41, 5.74) is 15.2. The van der Waals surface area contributed by atoms with E-state index in [-0.39, 0.29) is 5.78 Å². The molecule has 2 aliphatic rings. The number of thioether (sulfide) groups is 1. The van der Waals surface area contributed by atoms with Gasteiger partial charge in [0.2, 0.25) is 0 Å². The number of nitrogens with two attached hydrogens (primary N) is 1. The number of hydrogen-bond acceptors (Lipinski definition) is 5. The van der Waals surface area contributed by atoms with Crippen LogP contribution < -0.4 is 10.6 Å². The summed E-state index contributed by atoms with van der Waals surface area (Å²) in [5, 5.41) is 11.0. The molecule has 0 bridgehead atoms. The summed E-state index contributed by atoms with van der Waals surface area (Å²) >= 11 is 7.93. The lowest BCUT2D eigenvalue weighted by Crippen LogP contribution is -2.39. The van der Waals surface area contributed by atoms with Crippen LogP contribution in [-0.2, 0) is 10.5 Å². The first-order valence-electron chi connectivity index (χ1n) is 12.8. The van der Waals surface area contributed by atoms with Crippen LogP contribution in [0.25, 0.3) is 0 Å². The first-order chi connectivity index (χ1) is 18.3. The maximum atomic E-state index is 13.5. The maximum Gasteiger partial charge on any atom is 0.161 e. The molecule has 38 heavy (non-hydrogen) atoms. The number of anilines is 1. The summed E-state index contributed by atoms with van der Waals surface area (Å²) in [6, 6.07) is 22.6. The highest BCUT2D eigenvalue weighted by atomic mass is 35.5. The second kappa shape index (κ2) is 10.7. The summed E-state index contributed by atoms with van der Waals surface area (Å²) in [4.78, 5) is 16.6. The Labute approximate surface area is 233 Å². The molecule has 0 aromatic heterocycles. The average Bonchev–Trinajstić information content (AvgIpc) is 2.90. The summed E-state index contributed by atoms with van der Waals surface area (Å²) in [6.07, 6.45) is 1.96. The number of carbonyl (C=O) groups is 1. The largest absolute Gasteiger partial charge is 0.384 e. The van der Waals surface area contributed by atoms with E-state index >= 15 is 0 Å². The van der Waals surface area contributed by atoms with Crippen molar-refractivity contribution < 1.29 is 4.79 Å². The molecule has 3 aromatic carbocycles. The first kappa shape index (κ1) is 26.2. The molecule has 0 amide bonds. The standard InChI is InChI=1S/C32H30ClN3OS/c1-19-7-13-25(14-8-19)38-18-22-15-20(2)16-26(21(22)3)30-27(17-34)32(35)36(24-11-9-23(33)10-12-24)28-5-4-6-29(37)31(28)30/h7-16,30H,4-6,18,35H2,1-3H3. The van der Waals surface area contributed by atoms with Crippen LogP contribution in [0, 0.1) is 32.1 Å². The van der Waals surface area contributed by atoms with Crippen LogP contribution in [0.1, 0.15) is 53.0 Å². The topological polar surface area (TPSA) is 70.1 Å². The van der Waals surface area contributed by atoms with Crippen molar-refractivity contribution in [1.29, 1.82) is 5.26 Å². The molecule has 1 aliphatic heterocycles. The van der Waals surface area contributed by atoms with Crippen molar-refractivity contribution in [1.82, 2.24) is 0 Å². The number of allylic oxidation sites excluding steroid dienone is 3. The van der Waals surface area contributed by atoms with Gasteiger partial charge < -0.3 is 5.73 Å². The van der Waals surface area contributed by atoms with Crippen molar-refractivity contribution in [2.45, 2.75) is 56.6 Å². The molecule has 0 spiro atoms. The van der Waals surface area contributed by atoms with Crippen LogP contribution in [0.2, 0.25) is 5.02 Å². The van der Waals surface area contributed by atoms with Gasteiger partial charge in [0, 0.05) is 39.0 Å². The molecular formula is C32H30ClN3OS. The number of hydrogen-bond donors (Lipinski definition) is 1. The fourth-order valence-electron chi connectivity index (χ4n) is 5.49. The molecule has 3 aromatic rings.